The van der Waals surface area contributed by atoms with Crippen molar-refractivity contribution >= 4 is 41.0 Å². The van der Waals surface area contributed by atoms with Crippen LogP contribution in [0.4, 0.5) is 10.1 Å². The minimum atomic E-state index is -0.937. The molecule has 0 spiro atoms. The predicted molar refractivity (Wildman–Crippen MR) is 137 cm³/mol. The van der Waals surface area contributed by atoms with E-state index in [1.54, 1.807) is 0 Å². The number of halogens is 2. The first-order valence-corrected chi connectivity index (χ1v) is 11.8. The van der Waals surface area contributed by atoms with Crippen molar-refractivity contribution in [3.05, 3.63) is 63.9 Å². The second kappa shape index (κ2) is 11.7. The summed E-state index contributed by atoms with van der Waals surface area (Å²) in [6, 6.07) is 9.03. The number of amides is 2. The first-order chi connectivity index (χ1) is 17.0. The Morgan fingerprint density at radius 1 is 1.14 bits per heavy atom. The lowest BCUT2D eigenvalue weighted by Crippen LogP contribution is -2.45. The van der Waals surface area contributed by atoms with Crippen molar-refractivity contribution in [3.8, 4) is 0 Å². The molecule has 0 unspecified atom stereocenters. The molecule has 1 aliphatic rings. The van der Waals surface area contributed by atoms with Crippen LogP contribution in [0.15, 0.2) is 36.4 Å². The molecule has 3 rings (SSSR count). The van der Waals surface area contributed by atoms with Crippen LogP contribution in [0, 0.1) is 22.6 Å². The Morgan fingerprint density at radius 2 is 1.89 bits per heavy atom. The van der Waals surface area contributed by atoms with Crippen LogP contribution in [0.3, 0.4) is 0 Å². The van der Waals surface area contributed by atoms with E-state index in [0.29, 0.717) is 19.5 Å². The maximum absolute atomic E-state index is 13.7. The molecule has 2 atom stereocenters. The third-order valence-electron chi connectivity index (χ3n) is 5.62. The average molecular weight is 517 g/mol. The lowest BCUT2D eigenvalue weighted by Gasteiger charge is -2.23. The molecule has 192 valence electrons. The number of hydrogen-bond acceptors (Lipinski definition) is 4. The topological polar surface area (TPSA) is 168 Å². The van der Waals surface area contributed by atoms with Crippen molar-refractivity contribution in [2.45, 2.75) is 38.9 Å². The normalized spacial score (nSPS) is 16.1. The van der Waals surface area contributed by atoms with Gasteiger partial charge in [0.1, 0.15) is 5.82 Å². The van der Waals surface area contributed by atoms with Crippen LogP contribution in [-0.2, 0) is 22.6 Å². The molecule has 12 heteroatoms. The highest BCUT2D eigenvalue weighted by atomic mass is 35.5. The number of nitrogens with one attached hydrogen (secondary N) is 7. The lowest BCUT2D eigenvalue weighted by atomic mass is 10.00. The summed E-state index contributed by atoms with van der Waals surface area (Å²) in [5.74, 6) is -2.63. The van der Waals surface area contributed by atoms with Crippen LogP contribution in [0.5, 0.6) is 0 Å². The number of hydrogen-bond donors (Lipinski definition) is 8. The molecular formula is C24H30ClFN8O2. The van der Waals surface area contributed by atoms with Gasteiger partial charge in [0.05, 0.1) is 11.1 Å². The average Bonchev–Trinajstić information content (AvgIpc) is 3.14. The zero-order chi connectivity index (χ0) is 26.4. The molecule has 10 nitrogen and oxygen atoms in total. The number of rotatable bonds is 7. The molecule has 9 N–H and O–H groups in total. The molecule has 0 fully saturated rings. The van der Waals surface area contributed by atoms with Crippen molar-refractivity contribution in [1.82, 2.24) is 21.3 Å². The van der Waals surface area contributed by atoms with E-state index in [1.807, 2.05) is 32.0 Å². The minimum Gasteiger partial charge on any atom is -0.370 e. The summed E-state index contributed by atoms with van der Waals surface area (Å²) < 4.78 is 13.7. The molecule has 0 heterocycles. The second-order valence-electron chi connectivity index (χ2n) is 8.85. The molecule has 0 saturated carbocycles. The quantitative estimate of drug-likeness (QED) is 0.159. The van der Waals surface area contributed by atoms with Crippen molar-refractivity contribution in [2.24, 2.45) is 11.7 Å². The Labute approximate surface area is 213 Å². The number of guanidine groups is 2. The van der Waals surface area contributed by atoms with Crippen molar-refractivity contribution in [1.29, 1.82) is 10.8 Å². The number of fused-ring (bicyclic) bond motifs is 1. The highest BCUT2D eigenvalue weighted by Gasteiger charge is 2.35. The number of carbonyl (C=O) groups is 2. The lowest BCUT2D eigenvalue weighted by molar-refractivity contribution is -0.136. The Bertz CT molecular complexity index is 1170. The predicted octanol–water partition coefficient (Wildman–Crippen LogP) is 1.95. The van der Waals surface area contributed by atoms with Crippen LogP contribution < -0.4 is 32.3 Å². The van der Waals surface area contributed by atoms with E-state index in [4.69, 9.17) is 28.2 Å². The summed E-state index contributed by atoms with van der Waals surface area (Å²) in [5, 5.41) is 29.3. The van der Waals surface area contributed by atoms with Crippen LogP contribution in [0.2, 0.25) is 5.02 Å². The molecule has 0 saturated heterocycles. The van der Waals surface area contributed by atoms with Gasteiger partial charge in [-0.2, -0.15) is 0 Å². The Hall–Kier alpha value is -3.86. The maximum Gasteiger partial charge on any atom is 0.313 e. The monoisotopic (exact) mass is 516 g/mol. The van der Waals surface area contributed by atoms with E-state index in [9.17, 15) is 14.0 Å². The van der Waals surface area contributed by atoms with Gasteiger partial charge in [0.25, 0.3) is 0 Å². The van der Waals surface area contributed by atoms with Gasteiger partial charge in [-0.15, -0.1) is 0 Å². The summed E-state index contributed by atoms with van der Waals surface area (Å²) in [4.78, 5) is 25.3. The molecule has 2 amide bonds. The van der Waals surface area contributed by atoms with Crippen LogP contribution >= 0.6 is 11.6 Å². The van der Waals surface area contributed by atoms with Gasteiger partial charge in [0.15, 0.2) is 11.9 Å². The zero-order valence-electron chi connectivity index (χ0n) is 20.0. The Morgan fingerprint density at radius 3 is 2.56 bits per heavy atom. The first-order valence-electron chi connectivity index (χ1n) is 11.4. The van der Waals surface area contributed by atoms with E-state index in [-0.39, 0.29) is 34.6 Å². The van der Waals surface area contributed by atoms with Gasteiger partial charge >= 0.3 is 11.8 Å². The molecule has 0 radical (unpaired) electrons. The molecule has 2 aromatic carbocycles. The van der Waals surface area contributed by atoms with Crippen LogP contribution in [0.1, 0.15) is 36.6 Å². The van der Waals surface area contributed by atoms with Crippen molar-refractivity contribution < 1.29 is 14.0 Å². The summed E-state index contributed by atoms with van der Waals surface area (Å²) in [6.07, 6.45) is 0.597. The van der Waals surface area contributed by atoms with E-state index in [0.717, 1.165) is 22.8 Å². The van der Waals surface area contributed by atoms with Gasteiger partial charge in [-0.1, -0.05) is 29.8 Å². The second-order valence-corrected chi connectivity index (χ2v) is 9.26. The Kier molecular flexibility index (Phi) is 8.70. The highest BCUT2D eigenvalue weighted by molar-refractivity contribution is 6.39. The molecular weight excluding hydrogens is 487 g/mol. The highest BCUT2D eigenvalue weighted by Crippen LogP contribution is 2.36. The fourth-order valence-electron chi connectivity index (χ4n) is 4.03. The van der Waals surface area contributed by atoms with E-state index in [2.05, 4.69) is 26.6 Å². The standard InChI is InChI=1S/C24H30ClFN8O2/c1-12(2)32-24(29)31-11-15-8-14-7-13(10-30-23(27)28)3-5-17(14)20(15)34-22(36)21(35)33-16-4-6-18(25)19(26)9-16/h3-7,9,12,15,20H,8,10-11H2,1-2H3,(H,33,35)(H,34,36)(H4,27,28,30)(H3,29,31,32)/t15-,20-/m1/s1. The van der Waals surface area contributed by atoms with Gasteiger partial charge in [-0.3, -0.25) is 20.4 Å². The summed E-state index contributed by atoms with van der Waals surface area (Å²) in [7, 11) is 0. The molecule has 2 aromatic rings. The summed E-state index contributed by atoms with van der Waals surface area (Å²) in [5.41, 5.74) is 8.25. The minimum absolute atomic E-state index is 0.0824. The van der Waals surface area contributed by atoms with E-state index >= 15 is 0 Å². The van der Waals surface area contributed by atoms with Gasteiger partial charge in [0, 0.05) is 30.7 Å². The molecule has 36 heavy (non-hydrogen) atoms. The maximum atomic E-state index is 13.7. The molecule has 0 aliphatic heterocycles. The van der Waals surface area contributed by atoms with Gasteiger partial charge < -0.3 is 32.3 Å². The smallest absolute Gasteiger partial charge is 0.313 e. The van der Waals surface area contributed by atoms with Gasteiger partial charge in [-0.05, 0) is 55.2 Å². The fourth-order valence-corrected chi connectivity index (χ4v) is 4.15. The van der Waals surface area contributed by atoms with Crippen LogP contribution in [0.25, 0.3) is 0 Å². The number of anilines is 1. The van der Waals surface area contributed by atoms with Crippen LogP contribution in [-0.4, -0.2) is 36.3 Å². The van der Waals surface area contributed by atoms with Crippen molar-refractivity contribution in [2.75, 3.05) is 11.9 Å². The number of carbonyl (C=O) groups excluding carboxylic acids is 2. The molecule has 0 bridgehead atoms. The van der Waals surface area contributed by atoms with Gasteiger partial charge in [0.2, 0.25) is 0 Å². The van der Waals surface area contributed by atoms with Gasteiger partial charge in [-0.25, -0.2) is 4.39 Å². The Balaban J connectivity index is 1.75. The molecule has 1 aliphatic carbocycles. The number of nitrogens with two attached hydrogens (primary N) is 1. The van der Waals surface area contributed by atoms with E-state index < -0.39 is 23.7 Å². The first kappa shape index (κ1) is 26.7. The van der Waals surface area contributed by atoms with Crippen molar-refractivity contribution in [3.63, 3.8) is 0 Å². The zero-order valence-corrected chi connectivity index (χ0v) is 20.7. The van der Waals surface area contributed by atoms with E-state index in [1.165, 1.54) is 12.1 Å². The largest absolute Gasteiger partial charge is 0.370 e. The third-order valence-corrected chi connectivity index (χ3v) is 5.93. The molecule has 0 aromatic heterocycles. The summed E-state index contributed by atoms with van der Waals surface area (Å²) in [6.45, 7) is 4.60. The fraction of sp³-hybridized carbons (Fsp3) is 0.333. The number of benzene rings is 2. The summed E-state index contributed by atoms with van der Waals surface area (Å²) >= 11 is 5.67. The third kappa shape index (κ3) is 7.08. The SMILES string of the molecule is CC(C)NC(=N)NC[C@H]1Cc2cc(CNC(=N)N)ccc2[C@@H]1NC(=O)C(=O)Nc1ccc(Cl)c(F)c1.